The molecule has 5 heterocycles. The zero-order chi connectivity index (χ0) is 22.5. The molecule has 0 radical (unpaired) electrons. The van der Waals surface area contributed by atoms with Crippen LogP contribution in [0.4, 0.5) is 19.0 Å². The molecular weight excluding hydrogens is 427 g/mol. The number of alkyl halides is 3. The molecule has 0 aliphatic carbocycles. The minimum absolute atomic E-state index is 0.00392. The molecule has 0 saturated heterocycles. The monoisotopic (exact) mass is 441 g/mol. The maximum atomic E-state index is 13.3. The highest BCUT2D eigenvalue weighted by atomic mass is 19.4. The summed E-state index contributed by atoms with van der Waals surface area (Å²) in [6.45, 7) is 0.441. The number of nitrogens with one attached hydrogen (secondary N) is 1. The van der Waals surface area contributed by atoms with E-state index < -0.39 is 17.6 Å². The summed E-state index contributed by atoms with van der Waals surface area (Å²) in [5.41, 5.74) is 5.80. The van der Waals surface area contributed by atoms with E-state index in [4.69, 9.17) is 10.5 Å². The molecule has 0 spiro atoms. The molecule has 0 fully saturated rings. The third-order valence-corrected chi connectivity index (χ3v) is 4.85. The average Bonchev–Trinajstić information content (AvgIpc) is 3.05. The van der Waals surface area contributed by atoms with E-state index in [1.165, 1.54) is 10.8 Å². The second kappa shape index (κ2) is 7.18. The van der Waals surface area contributed by atoms with Gasteiger partial charge < -0.3 is 15.8 Å². The number of nitrogens with two attached hydrogens (primary N) is 1. The number of nitrogens with zero attached hydrogens (tertiary/aromatic N) is 5. The SMILES string of the molecule is Nc1nc(-c2cc3cccnc3n2-c2cc(C(F)(F)F)ccn2)nc2c1C(=O)NCCO2. The molecule has 0 atom stereocenters. The van der Waals surface area contributed by atoms with Crippen molar-refractivity contribution in [1.82, 2.24) is 29.8 Å². The first kappa shape index (κ1) is 19.7. The van der Waals surface area contributed by atoms with Gasteiger partial charge in [-0.15, -0.1) is 0 Å². The molecule has 4 aromatic rings. The summed E-state index contributed by atoms with van der Waals surface area (Å²) in [6, 6.07) is 6.88. The van der Waals surface area contributed by atoms with Crippen LogP contribution in [-0.2, 0) is 6.18 Å². The quantitative estimate of drug-likeness (QED) is 0.491. The van der Waals surface area contributed by atoms with Gasteiger partial charge in [-0.3, -0.25) is 9.36 Å². The topological polar surface area (TPSA) is 121 Å². The number of anilines is 1. The smallest absolute Gasteiger partial charge is 0.416 e. The number of rotatable bonds is 2. The Morgan fingerprint density at radius 3 is 2.78 bits per heavy atom. The lowest BCUT2D eigenvalue weighted by molar-refractivity contribution is -0.137. The third kappa shape index (κ3) is 3.25. The lowest BCUT2D eigenvalue weighted by Crippen LogP contribution is -2.25. The second-order valence-corrected chi connectivity index (χ2v) is 6.90. The molecule has 32 heavy (non-hydrogen) atoms. The molecule has 0 aromatic carbocycles. The molecule has 1 aliphatic rings. The van der Waals surface area contributed by atoms with Crippen LogP contribution in [-0.4, -0.2) is 43.6 Å². The van der Waals surface area contributed by atoms with Crippen molar-refractivity contribution in [2.75, 3.05) is 18.9 Å². The van der Waals surface area contributed by atoms with Crippen LogP contribution in [0, 0.1) is 0 Å². The van der Waals surface area contributed by atoms with E-state index in [1.54, 1.807) is 18.2 Å². The summed E-state index contributed by atoms with van der Waals surface area (Å²) in [5.74, 6) is -0.578. The van der Waals surface area contributed by atoms with Crippen molar-refractivity contribution in [2.45, 2.75) is 6.18 Å². The molecule has 0 unspecified atom stereocenters. The number of halogens is 3. The minimum Gasteiger partial charge on any atom is -0.475 e. The number of nitrogen functional groups attached to an aromatic ring is 1. The first-order valence-electron chi connectivity index (χ1n) is 9.42. The van der Waals surface area contributed by atoms with Crippen molar-refractivity contribution in [1.29, 1.82) is 0 Å². The van der Waals surface area contributed by atoms with Gasteiger partial charge in [0.25, 0.3) is 5.91 Å². The third-order valence-electron chi connectivity index (χ3n) is 4.85. The van der Waals surface area contributed by atoms with Crippen LogP contribution in [0.25, 0.3) is 28.4 Å². The predicted molar refractivity (Wildman–Crippen MR) is 107 cm³/mol. The molecule has 5 rings (SSSR count). The minimum atomic E-state index is -4.56. The normalized spacial score (nSPS) is 13.9. The van der Waals surface area contributed by atoms with Crippen molar-refractivity contribution >= 4 is 22.8 Å². The second-order valence-electron chi connectivity index (χ2n) is 6.90. The van der Waals surface area contributed by atoms with E-state index in [2.05, 4.69) is 25.3 Å². The van der Waals surface area contributed by atoms with E-state index in [0.29, 0.717) is 11.0 Å². The lowest BCUT2D eigenvalue weighted by Gasteiger charge is -2.13. The number of ether oxygens (including phenoxy) is 1. The van der Waals surface area contributed by atoms with Crippen molar-refractivity contribution in [3.05, 3.63) is 53.9 Å². The van der Waals surface area contributed by atoms with Crippen LogP contribution in [0.2, 0.25) is 0 Å². The van der Waals surface area contributed by atoms with Gasteiger partial charge in [-0.25, -0.2) is 15.0 Å². The van der Waals surface area contributed by atoms with Gasteiger partial charge >= 0.3 is 6.18 Å². The zero-order valence-electron chi connectivity index (χ0n) is 16.2. The highest BCUT2D eigenvalue weighted by Crippen LogP contribution is 2.34. The molecule has 162 valence electrons. The van der Waals surface area contributed by atoms with Gasteiger partial charge in [0.15, 0.2) is 5.82 Å². The van der Waals surface area contributed by atoms with Crippen LogP contribution in [0.15, 0.2) is 42.7 Å². The van der Waals surface area contributed by atoms with Crippen LogP contribution in [0.3, 0.4) is 0 Å². The summed E-state index contributed by atoms with van der Waals surface area (Å²) in [4.78, 5) is 29.2. The van der Waals surface area contributed by atoms with Gasteiger partial charge in [-0.1, -0.05) is 0 Å². The van der Waals surface area contributed by atoms with Crippen molar-refractivity contribution in [3.63, 3.8) is 0 Å². The van der Waals surface area contributed by atoms with E-state index in [1.807, 2.05) is 0 Å². The Hall–Kier alpha value is -4.22. The first-order valence-corrected chi connectivity index (χ1v) is 9.42. The Balaban J connectivity index is 1.76. The van der Waals surface area contributed by atoms with E-state index in [9.17, 15) is 18.0 Å². The predicted octanol–water partition coefficient (Wildman–Crippen LogP) is 2.60. The molecule has 4 aromatic heterocycles. The number of carbonyl (C=O) groups is 1. The molecule has 3 N–H and O–H groups in total. The number of aromatic nitrogens is 5. The van der Waals surface area contributed by atoms with Crippen molar-refractivity contribution in [3.8, 4) is 23.2 Å². The summed E-state index contributed by atoms with van der Waals surface area (Å²) < 4.78 is 46.9. The lowest BCUT2D eigenvalue weighted by atomic mass is 10.2. The number of carbonyl (C=O) groups excluding carboxylic acids is 1. The largest absolute Gasteiger partial charge is 0.475 e. The Bertz CT molecular complexity index is 1370. The first-order chi connectivity index (χ1) is 15.3. The number of hydrogen-bond donors (Lipinski definition) is 2. The Kier molecular flexibility index (Phi) is 4.43. The molecular formula is C20H14F3N7O2. The van der Waals surface area contributed by atoms with Gasteiger partial charge in [0.2, 0.25) is 5.88 Å². The van der Waals surface area contributed by atoms with Gasteiger partial charge in [-0.2, -0.15) is 18.2 Å². The Morgan fingerprint density at radius 1 is 1.12 bits per heavy atom. The molecule has 1 aliphatic heterocycles. The molecule has 9 nitrogen and oxygen atoms in total. The average molecular weight is 441 g/mol. The maximum absolute atomic E-state index is 13.3. The Morgan fingerprint density at radius 2 is 1.97 bits per heavy atom. The van der Waals surface area contributed by atoms with Crippen LogP contribution < -0.4 is 15.8 Å². The number of amides is 1. The summed E-state index contributed by atoms with van der Waals surface area (Å²) in [7, 11) is 0. The Labute approximate surface area is 178 Å². The fraction of sp³-hybridized carbons (Fsp3) is 0.150. The standard InChI is InChI=1S/C20H14F3N7O2/c21-20(22,23)11-3-5-25-13(9-11)30-12(8-10-2-1-4-26-17(10)30)16-28-15(24)14-18(31)27-6-7-32-19(14)29-16/h1-5,8-9H,6-7H2,(H,27,31)(H2,24,28,29). The summed E-state index contributed by atoms with van der Waals surface area (Å²) in [6.07, 6.45) is -1.98. The number of pyridine rings is 2. The summed E-state index contributed by atoms with van der Waals surface area (Å²) in [5, 5.41) is 3.25. The number of fused-ring (bicyclic) bond motifs is 2. The van der Waals surface area contributed by atoms with Crippen LogP contribution in [0.5, 0.6) is 5.88 Å². The zero-order valence-corrected chi connectivity index (χ0v) is 16.2. The van der Waals surface area contributed by atoms with E-state index in [0.717, 1.165) is 18.3 Å². The molecule has 0 saturated carbocycles. The van der Waals surface area contributed by atoms with Gasteiger partial charge in [0.1, 0.15) is 29.5 Å². The highest BCUT2D eigenvalue weighted by Gasteiger charge is 2.32. The molecule has 12 heteroatoms. The van der Waals surface area contributed by atoms with E-state index in [-0.39, 0.29) is 47.7 Å². The molecule has 0 bridgehead atoms. The summed E-state index contributed by atoms with van der Waals surface area (Å²) >= 11 is 0. The van der Waals surface area contributed by atoms with Gasteiger partial charge in [0.05, 0.1) is 17.8 Å². The van der Waals surface area contributed by atoms with Gasteiger partial charge in [0, 0.05) is 17.8 Å². The maximum Gasteiger partial charge on any atom is 0.416 e. The van der Waals surface area contributed by atoms with Crippen molar-refractivity contribution in [2.24, 2.45) is 0 Å². The fourth-order valence-electron chi connectivity index (χ4n) is 3.44. The molecule has 1 amide bonds. The fourth-order valence-corrected chi connectivity index (χ4v) is 3.44. The van der Waals surface area contributed by atoms with Crippen LogP contribution >= 0.6 is 0 Å². The van der Waals surface area contributed by atoms with Crippen LogP contribution in [0.1, 0.15) is 15.9 Å². The highest BCUT2D eigenvalue weighted by molar-refractivity contribution is 6.01. The van der Waals surface area contributed by atoms with Crippen molar-refractivity contribution < 1.29 is 22.7 Å². The van der Waals surface area contributed by atoms with Gasteiger partial charge in [-0.05, 0) is 30.3 Å². The number of hydrogen-bond acceptors (Lipinski definition) is 7. The van der Waals surface area contributed by atoms with E-state index >= 15 is 0 Å².